The highest BCUT2D eigenvalue weighted by Gasteiger charge is 2.21. The zero-order valence-electron chi connectivity index (χ0n) is 16.7. The Bertz CT molecular complexity index is 1190. The van der Waals surface area contributed by atoms with E-state index in [4.69, 9.17) is 14.2 Å². The summed E-state index contributed by atoms with van der Waals surface area (Å²) in [4.78, 5) is 29.3. The van der Waals surface area contributed by atoms with Gasteiger partial charge in [-0.15, -0.1) is 0 Å². The lowest BCUT2D eigenvalue weighted by Gasteiger charge is -2.15. The first-order valence-corrected chi connectivity index (χ1v) is 8.38. The SMILES string of the molecule is C=C(c1cc(OC)c(OC)c(OC)c1)c1nc2c(c(=O)n(C)c(=O)n2C)n1C. The number of fused-ring (bicyclic) bond motifs is 1. The maximum Gasteiger partial charge on any atom is 0.332 e. The number of aromatic nitrogens is 4. The smallest absolute Gasteiger partial charge is 0.332 e. The van der Waals surface area contributed by atoms with Crippen molar-refractivity contribution in [1.29, 1.82) is 0 Å². The summed E-state index contributed by atoms with van der Waals surface area (Å²) in [5.41, 5.74) is 0.951. The average molecular weight is 386 g/mol. The number of imidazole rings is 1. The van der Waals surface area contributed by atoms with Crippen molar-refractivity contribution in [2.75, 3.05) is 21.3 Å². The molecule has 3 rings (SSSR count). The van der Waals surface area contributed by atoms with E-state index >= 15 is 0 Å². The van der Waals surface area contributed by atoms with E-state index < -0.39 is 11.2 Å². The standard InChI is InChI=1S/C19H22N4O5/c1-10(11-8-12(26-5)15(28-7)13(9-11)27-6)16-20-17-14(21(16)2)18(24)23(4)19(25)22(17)3/h8-9H,1H2,2-7H3. The van der Waals surface area contributed by atoms with Crippen LogP contribution in [0.25, 0.3) is 16.7 Å². The molecule has 0 unspecified atom stereocenters. The molecule has 0 atom stereocenters. The van der Waals surface area contributed by atoms with Crippen LogP contribution in [0.2, 0.25) is 0 Å². The molecule has 0 saturated heterocycles. The Morgan fingerprint density at radius 1 is 0.929 bits per heavy atom. The van der Waals surface area contributed by atoms with Gasteiger partial charge in [-0.25, -0.2) is 9.78 Å². The summed E-state index contributed by atoms with van der Waals surface area (Å²) in [5, 5.41) is 0. The molecule has 0 spiro atoms. The lowest BCUT2D eigenvalue weighted by atomic mass is 10.1. The van der Waals surface area contributed by atoms with Crippen LogP contribution in [0.4, 0.5) is 0 Å². The van der Waals surface area contributed by atoms with Crippen molar-refractivity contribution in [3.05, 3.63) is 50.9 Å². The number of nitrogens with zero attached hydrogens (tertiary/aromatic N) is 4. The van der Waals surface area contributed by atoms with Gasteiger partial charge < -0.3 is 18.8 Å². The van der Waals surface area contributed by atoms with Crippen molar-refractivity contribution in [1.82, 2.24) is 18.7 Å². The summed E-state index contributed by atoms with van der Waals surface area (Å²) in [7, 11) is 9.29. The first kappa shape index (κ1) is 19.3. The minimum atomic E-state index is -0.444. The molecular formula is C19H22N4O5. The second-order valence-electron chi connectivity index (χ2n) is 6.26. The van der Waals surface area contributed by atoms with Crippen molar-refractivity contribution < 1.29 is 14.2 Å². The van der Waals surface area contributed by atoms with Crippen LogP contribution in [0, 0.1) is 0 Å². The molecule has 0 saturated carbocycles. The number of benzene rings is 1. The Balaban J connectivity index is 2.27. The van der Waals surface area contributed by atoms with E-state index in [1.54, 1.807) is 30.8 Å². The predicted molar refractivity (Wildman–Crippen MR) is 105 cm³/mol. The van der Waals surface area contributed by atoms with Gasteiger partial charge in [-0.3, -0.25) is 13.9 Å². The first-order chi connectivity index (χ1) is 13.3. The molecular weight excluding hydrogens is 364 g/mol. The molecule has 0 N–H and O–H groups in total. The Hall–Kier alpha value is -3.49. The van der Waals surface area contributed by atoms with Crippen LogP contribution in [0.15, 0.2) is 28.3 Å². The normalized spacial score (nSPS) is 10.9. The van der Waals surface area contributed by atoms with Gasteiger partial charge in [0, 0.05) is 26.7 Å². The second kappa shape index (κ2) is 6.91. The van der Waals surface area contributed by atoms with Gasteiger partial charge in [-0.05, 0) is 17.7 Å². The van der Waals surface area contributed by atoms with Crippen molar-refractivity contribution in [3.8, 4) is 17.2 Å². The Kier molecular flexibility index (Phi) is 4.76. The molecule has 9 nitrogen and oxygen atoms in total. The first-order valence-electron chi connectivity index (χ1n) is 8.38. The van der Waals surface area contributed by atoms with Crippen molar-refractivity contribution >= 4 is 16.7 Å². The van der Waals surface area contributed by atoms with Crippen LogP contribution in [-0.2, 0) is 21.1 Å². The molecule has 0 fully saturated rings. The second-order valence-corrected chi connectivity index (χ2v) is 6.26. The van der Waals surface area contributed by atoms with Gasteiger partial charge in [-0.1, -0.05) is 6.58 Å². The van der Waals surface area contributed by atoms with Crippen molar-refractivity contribution in [3.63, 3.8) is 0 Å². The summed E-state index contributed by atoms with van der Waals surface area (Å²) >= 11 is 0. The van der Waals surface area contributed by atoms with Crippen LogP contribution in [-0.4, -0.2) is 40.0 Å². The highest BCUT2D eigenvalue weighted by Crippen LogP contribution is 2.40. The molecule has 0 bridgehead atoms. The van der Waals surface area contributed by atoms with Crippen LogP contribution >= 0.6 is 0 Å². The fourth-order valence-corrected chi connectivity index (χ4v) is 3.17. The third-order valence-corrected chi connectivity index (χ3v) is 4.76. The molecule has 2 aromatic heterocycles. The molecule has 0 aliphatic carbocycles. The Morgan fingerprint density at radius 2 is 1.50 bits per heavy atom. The van der Waals surface area contributed by atoms with Gasteiger partial charge >= 0.3 is 5.69 Å². The van der Waals surface area contributed by atoms with Crippen LogP contribution in [0.3, 0.4) is 0 Å². The van der Waals surface area contributed by atoms with E-state index in [-0.39, 0.29) is 0 Å². The summed E-state index contributed by atoms with van der Waals surface area (Å²) < 4.78 is 20.1. The fraction of sp³-hybridized carbons (Fsp3) is 0.316. The minimum absolute atomic E-state index is 0.291. The molecule has 2 heterocycles. The summed E-state index contributed by atoms with van der Waals surface area (Å²) in [6, 6.07) is 3.50. The highest BCUT2D eigenvalue weighted by molar-refractivity contribution is 5.83. The van der Waals surface area contributed by atoms with E-state index in [1.807, 2.05) is 0 Å². The van der Waals surface area contributed by atoms with Gasteiger partial charge in [0.05, 0.1) is 21.3 Å². The number of hydrogen-bond acceptors (Lipinski definition) is 6. The Morgan fingerprint density at radius 3 is 2.00 bits per heavy atom. The van der Waals surface area contributed by atoms with E-state index in [0.717, 1.165) is 4.57 Å². The number of aryl methyl sites for hydroxylation is 2. The number of rotatable bonds is 5. The monoisotopic (exact) mass is 386 g/mol. The van der Waals surface area contributed by atoms with Crippen LogP contribution in [0.5, 0.6) is 17.2 Å². The van der Waals surface area contributed by atoms with Gasteiger partial charge in [0.15, 0.2) is 22.7 Å². The highest BCUT2D eigenvalue weighted by atomic mass is 16.5. The molecule has 0 aliphatic heterocycles. The average Bonchev–Trinajstić information content (AvgIpc) is 3.06. The summed E-state index contributed by atoms with van der Waals surface area (Å²) in [6.45, 7) is 4.13. The maximum atomic E-state index is 12.6. The van der Waals surface area contributed by atoms with Crippen LogP contribution < -0.4 is 25.5 Å². The summed E-state index contributed by atoms with van der Waals surface area (Å²) in [6.07, 6.45) is 0. The summed E-state index contributed by atoms with van der Waals surface area (Å²) in [5.74, 6) is 1.85. The van der Waals surface area contributed by atoms with Crippen molar-refractivity contribution in [2.24, 2.45) is 21.1 Å². The zero-order chi connectivity index (χ0) is 20.7. The lowest BCUT2D eigenvalue weighted by molar-refractivity contribution is 0.324. The van der Waals surface area contributed by atoms with Crippen LogP contribution in [0.1, 0.15) is 11.4 Å². The van der Waals surface area contributed by atoms with Gasteiger partial charge in [-0.2, -0.15) is 0 Å². The molecule has 3 aromatic rings. The van der Waals surface area contributed by atoms with E-state index in [0.29, 0.717) is 45.4 Å². The van der Waals surface area contributed by atoms with Gasteiger partial charge in [0.1, 0.15) is 5.82 Å². The molecule has 1 aromatic carbocycles. The third kappa shape index (κ3) is 2.67. The molecule has 0 amide bonds. The third-order valence-electron chi connectivity index (χ3n) is 4.76. The number of hydrogen-bond donors (Lipinski definition) is 0. The molecule has 28 heavy (non-hydrogen) atoms. The molecule has 0 aliphatic rings. The maximum absolute atomic E-state index is 12.6. The van der Waals surface area contributed by atoms with Gasteiger partial charge in [0.2, 0.25) is 5.75 Å². The van der Waals surface area contributed by atoms with E-state index in [2.05, 4.69) is 11.6 Å². The minimum Gasteiger partial charge on any atom is -0.493 e. The molecule has 148 valence electrons. The fourth-order valence-electron chi connectivity index (χ4n) is 3.17. The largest absolute Gasteiger partial charge is 0.493 e. The molecule has 0 radical (unpaired) electrons. The van der Waals surface area contributed by atoms with E-state index in [9.17, 15) is 9.59 Å². The zero-order valence-corrected chi connectivity index (χ0v) is 16.7. The van der Waals surface area contributed by atoms with Gasteiger partial charge in [0.25, 0.3) is 5.56 Å². The van der Waals surface area contributed by atoms with Crippen molar-refractivity contribution in [2.45, 2.75) is 0 Å². The quantitative estimate of drug-likeness (QED) is 0.651. The van der Waals surface area contributed by atoms with E-state index in [1.165, 1.54) is 32.9 Å². The number of methoxy groups -OCH3 is 3. The number of ether oxygens (including phenoxy) is 3. The lowest BCUT2D eigenvalue weighted by Crippen LogP contribution is -2.37. The topological polar surface area (TPSA) is 89.5 Å². The Labute approximate surface area is 161 Å². The molecule has 9 heteroatoms. The predicted octanol–water partition coefficient (Wildman–Crippen LogP) is 1.06.